The quantitative estimate of drug-likeness (QED) is 0.0183. The lowest BCUT2D eigenvalue weighted by Crippen LogP contribution is -2.68. The molecule has 13 atom stereocenters. The van der Waals surface area contributed by atoms with E-state index in [1.54, 1.807) is 60.7 Å². The summed E-state index contributed by atoms with van der Waals surface area (Å²) in [5.74, 6) is -2.12. The SMILES string of the molecule is CCCCCCCCCCCCCC(=O)O[C@H](CCCCCCCCCCC)CCO[C@@H]1[C@@H](NC(C)=O)[C@H](OC[C@H]2O[C@H](C(=O)OC(c3ccccc3)c3ccccc3)[C@H](NC(=O)C[C@@H](CCCCCCCCCCC)OCc3ccccc3)[C@@H](OCC[C@@H](CCCCCCCCCCC)OCc3ccccc3)[C@@H]2O)O[C@H](CF)[C@@H]1OP(=O)(Oc1ccccc1)Oc1ccccc1. The van der Waals surface area contributed by atoms with Crippen LogP contribution >= 0.6 is 7.82 Å². The number of benzene rings is 6. The Kier molecular flexibility index (Phi) is 56.4. The molecule has 3 N–H and O–H groups in total. The minimum absolute atomic E-state index is 0.0161. The number of carbonyl (C=O) groups is 4. The van der Waals surface area contributed by atoms with Gasteiger partial charge in [-0.1, -0.05) is 417 Å². The third-order valence-electron chi connectivity index (χ3n) is 25.2. The second-order valence-electron chi connectivity index (χ2n) is 36.4. The van der Waals surface area contributed by atoms with Gasteiger partial charge in [-0.05, 0) is 85.0 Å². The van der Waals surface area contributed by atoms with Gasteiger partial charge in [0.25, 0.3) is 0 Å². The summed E-state index contributed by atoms with van der Waals surface area (Å²) in [5.41, 5.74) is 3.23. The number of amides is 2. The number of phosphoric ester groups is 1. The fourth-order valence-electron chi connectivity index (χ4n) is 17.7. The molecular formula is C110H164FN2O18P. The van der Waals surface area contributed by atoms with E-state index in [1.165, 1.54) is 142 Å². The first-order valence-corrected chi connectivity index (χ1v) is 52.7. The molecule has 0 spiro atoms. The van der Waals surface area contributed by atoms with E-state index >= 15 is 18.5 Å². The summed E-state index contributed by atoms with van der Waals surface area (Å²) in [4.78, 5) is 59.8. The molecule has 6 aromatic carbocycles. The second kappa shape index (κ2) is 67.7. The van der Waals surface area contributed by atoms with Crippen LogP contribution < -0.4 is 19.7 Å². The molecule has 2 heterocycles. The number of esters is 2. The maximum Gasteiger partial charge on any atom is 0.588 e. The topological polar surface area (TPSA) is 240 Å². The van der Waals surface area contributed by atoms with Gasteiger partial charge in [0.05, 0.1) is 51.1 Å². The summed E-state index contributed by atoms with van der Waals surface area (Å²) in [5, 5.41) is 19.7. The van der Waals surface area contributed by atoms with E-state index in [2.05, 4.69) is 38.3 Å². The van der Waals surface area contributed by atoms with Crippen molar-refractivity contribution >= 4 is 31.6 Å². The van der Waals surface area contributed by atoms with Crippen LogP contribution in [0.3, 0.4) is 0 Å². The maximum absolute atomic E-state index is 16.8. The molecule has 132 heavy (non-hydrogen) atoms. The van der Waals surface area contributed by atoms with Crippen LogP contribution in [0.25, 0.3) is 0 Å². The Balaban J connectivity index is 1.15. The van der Waals surface area contributed by atoms with Gasteiger partial charge in [-0.2, -0.15) is 0 Å². The second-order valence-corrected chi connectivity index (χ2v) is 37.9. The number of unbranched alkanes of at least 4 members (excludes halogenated alkanes) is 34. The van der Waals surface area contributed by atoms with E-state index < -0.39 is 118 Å². The molecule has 20 nitrogen and oxygen atoms in total. The van der Waals surface area contributed by atoms with Crippen molar-refractivity contribution in [1.29, 1.82) is 0 Å². The smallest absolute Gasteiger partial charge is 0.462 e. The van der Waals surface area contributed by atoms with Crippen LogP contribution in [-0.2, 0) is 84.1 Å². The highest BCUT2D eigenvalue weighted by molar-refractivity contribution is 7.49. The van der Waals surface area contributed by atoms with Gasteiger partial charge in [-0.15, -0.1) is 0 Å². The average molecular weight is 1850 g/mol. The standard InChI is InChI=1S/C110H164FN2O18P/c1-6-10-14-18-22-26-27-31-35-39-61-77-100(116)125-93(71-55-37-33-29-24-20-16-12-8-3)79-81-121-107-102(112-87(5)114)110(127-97(83-111)105(107)131-132(119,129-94-72-57-44-58-73-94)130-95-74-59-45-60-75-95)124-86-98-103(117)106(120-80-78-92(122-84-88-62-46-40-47-63-88)70-54-36-32-28-23-19-15-11-7-2)101(108(126-98)109(118)128-104(90-66-50-42-51-67-90)91-68-52-43-53-69-91)113-99(115)82-96(123-85-89-64-48-41-49-65-89)76-56-38-34-30-25-21-17-13-9-4/h40-53,57-60,62-69,72-75,92-93,96-98,101-108,110,117H,6-39,54-56,61,70-71,76-86H2,1-5H3,(H,112,114)(H,113,115)/t92-,93-,96-,97-,98-,101-,102-,103-,105+,106-,107-,108+,110-/m1/s1. The zero-order valence-electron chi connectivity index (χ0n) is 80.7. The molecule has 6 aromatic rings. The van der Waals surface area contributed by atoms with E-state index in [0.717, 1.165) is 120 Å². The number of phosphoric acid groups is 1. The van der Waals surface area contributed by atoms with Crippen LogP contribution in [0.1, 0.15) is 352 Å². The number of alkyl halides is 1. The van der Waals surface area contributed by atoms with Gasteiger partial charge in [0, 0.05) is 26.4 Å². The Labute approximate surface area is 791 Å². The van der Waals surface area contributed by atoms with Crippen LogP contribution in [0, 0.1) is 0 Å². The average Bonchev–Trinajstić information content (AvgIpc) is 0.772. The third kappa shape index (κ3) is 44.2. The lowest BCUT2D eigenvalue weighted by Gasteiger charge is -2.47. The molecule has 0 aliphatic carbocycles. The number of aliphatic hydroxyl groups is 1. The zero-order valence-corrected chi connectivity index (χ0v) is 81.6. The van der Waals surface area contributed by atoms with Crippen molar-refractivity contribution in [2.45, 2.75) is 422 Å². The summed E-state index contributed by atoms with van der Waals surface area (Å²) in [6.45, 7) is 8.66. The van der Waals surface area contributed by atoms with E-state index in [1.807, 2.05) is 121 Å². The number of hydrogen-bond donors (Lipinski definition) is 3. The van der Waals surface area contributed by atoms with Crippen molar-refractivity contribution in [2.75, 3.05) is 26.5 Å². The fraction of sp³-hybridized carbons (Fsp3) is 0.636. The van der Waals surface area contributed by atoms with E-state index in [4.69, 9.17) is 56.2 Å². The number of ether oxygens (including phenoxy) is 9. The maximum atomic E-state index is 16.8. The van der Waals surface area contributed by atoms with Crippen LogP contribution in [-0.4, -0.2) is 135 Å². The molecule has 2 aliphatic heterocycles. The fourth-order valence-corrected chi connectivity index (χ4v) is 19.1. The van der Waals surface area contributed by atoms with Crippen molar-refractivity contribution in [3.8, 4) is 11.5 Å². The summed E-state index contributed by atoms with van der Waals surface area (Å²) in [6.07, 6.45) is 29.5. The predicted molar refractivity (Wildman–Crippen MR) is 522 cm³/mol. The van der Waals surface area contributed by atoms with Gasteiger partial charge in [0.2, 0.25) is 11.8 Å². The van der Waals surface area contributed by atoms with E-state index in [-0.39, 0.29) is 62.7 Å². The van der Waals surface area contributed by atoms with Crippen LogP contribution in [0.15, 0.2) is 182 Å². The Morgan fingerprint density at radius 1 is 0.409 bits per heavy atom. The molecule has 0 bridgehead atoms. The van der Waals surface area contributed by atoms with Crippen molar-refractivity contribution in [3.05, 3.63) is 204 Å². The lowest BCUT2D eigenvalue weighted by molar-refractivity contribution is -0.287. The third-order valence-corrected chi connectivity index (χ3v) is 26.6. The van der Waals surface area contributed by atoms with Gasteiger partial charge >= 0.3 is 19.8 Å². The van der Waals surface area contributed by atoms with E-state index in [9.17, 15) is 14.7 Å². The number of halogens is 1. The Hall–Kier alpha value is -7.40. The van der Waals surface area contributed by atoms with Gasteiger partial charge < -0.3 is 67.4 Å². The first kappa shape index (κ1) is 110. The molecule has 0 radical (unpaired) electrons. The Bertz CT molecular complexity index is 3880. The number of aliphatic hydroxyl groups excluding tert-OH is 1. The molecule has 0 saturated carbocycles. The number of carbonyl (C=O) groups excluding carboxylic acids is 4. The Morgan fingerprint density at radius 3 is 1.23 bits per heavy atom. The monoisotopic (exact) mass is 1850 g/mol. The molecule has 2 aliphatic rings. The molecule has 0 aromatic heterocycles. The Morgan fingerprint density at radius 2 is 0.795 bits per heavy atom. The molecule has 734 valence electrons. The van der Waals surface area contributed by atoms with Crippen LogP contribution in [0.4, 0.5) is 4.39 Å². The van der Waals surface area contributed by atoms with Crippen molar-refractivity contribution in [1.82, 2.24) is 10.6 Å². The molecule has 22 heteroatoms. The minimum atomic E-state index is -4.96. The van der Waals surface area contributed by atoms with Crippen molar-refractivity contribution < 1.29 is 89.4 Å². The molecule has 0 unspecified atom stereocenters. The number of nitrogens with one attached hydrogen (secondary N) is 2. The molecule has 8 rings (SSSR count). The van der Waals surface area contributed by atoms with Gasteiger partial charge in [-0.25, -0.2) is 13.8 Å². The predicted octanol–water partition coefficient (Wildman–Crippen LogP) is 26.3. The van der Waals surface area contributed by atoms with Crippen LogP contribution in [0.5, 0.6) is 11.5 Å². The normalized spacial score (nSPS) is 19.3. The highest BCUT2D eigenvalue weighted by Gasteiger charge is 2.55. The molecule has 2 fully saturated rings. The van der Waals surface area contributed by atoms with Gasteiger partial charge in [0.1, 0.15) is 66.9 Å². The summed E-state index contributed by atoms with van der Waals surface area (Å²) in [6, 6.07) is 52.0. The van der Waals surface area contributed by atoms with E-state index in [0.29, 0.717) is 43.4 Å². The molecule has 2 saturated heterocycles. The van der Waals surface area contributed by atoms with Gasteiger partial charge in [-0.3, -0.25) is 18.9 Å². The van der Waals surface area contributed by atoms with Crippen LogP contribution in [0.2, 0.25) is 0 Å². The largest absolute Gasteiger partial charge is 0.588 e. The summed E-state index contributed by atoms with van der Waals surface area (Å²) in [7, 11) is -4.96. The number of para-hydroxylation sites is 2. The first-order chi connectivity index (χ1) is 64.7. The lowest BCUT2D eigenvalue weighted by atomic mass is 9.91. The number of rotatable bonds is 75. The first-order valence-electron chi connectivity index (χ1n) is 51.2. The van der Waals surface area contributed by atoms with Crippen molar-refractivity contribution in [3.63, 3.8) is 0 Å². The zero-order chi connectivity index (χ0) is 93.5. The highest BCUT2D eigenvalue weighted by Crippen LogP contribution is 2.53. The summed E-state index contributed by atoms with van der Waals surface area (Å²) >= 11 is 0. The number of hydrogen-bond acceptors (Lipinski definition) is 18. The van der Waals surface area contributed by atoms with Gasteiger partial charge in [0.15, 0.2) is 18.5 Å². The molecule has 2 amide bonds. The highest BCUT2D eigenvalue weighted by atomic mass is 31.2. The summed E-state index contributed by atoms with van der Waals surface area (Å²) < 4.78 is 113. The molecular weight excluding hydrogens is 1690 g/mol. The minimum Gasteiger partial charge on any atom is -0.462 e. The van der Waals surface area contributed by atoms with Crippen molar-refractivity contribution in [2.24, 2.45) is 0 Å².